The summed E-state index contributed by atoms with van der Waals surface area (Å²) in [7, 11) is 0.239. The Morgan fingerprint density at radius 1 is 1.50 bits per heavy atom. The maximum absolute atomic E-state index is 10.9. The molecule has 0 heterocycles. The van der Waals surface area contributed by atoms with Crippen LogP contribution in [-0.4, -0.2) is 41.2 Å². The molecule has 0 rings (SSSR count). The Hall–Kier alpha value is -0.910. The summed E-state index contributed by atoms with van der Waals surface area (Å²) in [5, 5.41) is 2.38. The van der Waals surface area contributed by atoms with Crippen LogP contribution in [0, 0.1) is 0 Å². The van der Waals surface area contributed by atoms with E-state index in [1.165, 1.54) is 0 Å². The van der Waals surface area contributed by atoms with Crippen LogP contribution < -0.4 is 5.32 Å². The number of esters is 1. The largest absolute Gasteiger partial charge is 0.462 e. The molecule has 5 nitrogen and oxygen atoms in total. The summed E-state index contributed by atoms with van der Waals surface area (Å²) in [5.41, 5.74) is 0. The molecule has 1 N–H and O–H groups in total. The van der Waals surface area contributed by atoms with Gasteiger partial charge in [0.05, 0.1) is 7.11 Å². The molecule has 0 bridgehead atoms. The van der Waals surface area contributed by atoms with Gasteiger partial charge in [0.25, 0.3) is 0 Å². The molecule has 0 spiro atoms. The van der Waals surface area contributed by atoms with Crippen LogP contribution in [0.4, 0.5) is 0 Å². The molecule has 14 heavy (non-hydrogen) atoms. The molecule has 2 unspecified atom stereocenters. The lowest BCUT2D eigenvalue weighted by molar-refractivity contribution is -0.152. The van der Waals surface area contributed by atoms with Crippen molar-refractivity contribution >= 4 is 22.7 Å². The summed E-state index contributed by atoms with van der Waals surface area (Å²) in [4.78, 5) is 21.5. The van der Waals surface area contributed by atoms with E-state index in [1.54, 1.807) is 6.26 Å². The maximum Gasteiger partial charge on any atom is 0.396 e. The molecule has 6 heteroatoms. The monoisotopic (exact) mass is 221 g/mol. The molecule has 0 radical (unpaired) electrons. The van der Waals surface area contributed by atoms with Gasteiger partial charge in [0, 0.05) is 28.9 Å². The third-order valence-corrected chi connectivity index (χ3v) is 3.14. The molecule has 0 aromatic carbocycles. The van der Waals surface area contributed by atoms with E-state index in [0.29, 0.717) is 13.0 Å². The zero-order chi connectivity index (χ0) is 11.1. The average Bonchev–Trinajstić information content (AvgIpc) is 2.15. The van der Waals surface area contributed by atoms with Crippen molar-refractivity contribution in [2.45, 2.75) is 18.6 Å². The van der Waals surface area contributed by atoms with Crippen molar-refractivity contribution in [3.8, 4) is 0 Å². The number of hydrogen-bond acceptors (Lipinski definition) is 4. The van der Waals surface area contributed by atoms with E-state index in [2.05, 4.69) is 10.1 Å². The topological polar surface area (TPSA) is 72.5 Å². The minimum Gasteiger partial charge on any atom is -0.462 e. The molecule has 0 saturated heterocycles. The predicted octanol–water partition coefficient (Wildman–Crippen LogP) is -0.567. The molecule has 0 aliphatic carbocycles. The number of methoxy groups -OCH3 is 1. The van der Waals surface area contributed by atoms with Crippen LogP contribution in [0.3, 0.4) is 0 Å². The van der Waals surface area contributed by atoms with Crippen molar-refractivity contribution in [1.82, 2.24) is 5.32 Å². The van der Waals surface area contributed by atoms with Crippen molar-refractivity contribution < 1.29 is 18.5 Å². The van der Waals surface area contributed by atoms with Gasteiger partial charge in [0.15, 0.2) is 0 Å². The lowest BCUT2D eigenvalue weighted by Gasteiger charge is -2.08. The highest BCUT2D eigenvalue weighted by Gasteiger charge is 2.13. The number of ether oxygens (including phenoxy) is 1. The number of amides is 1. The van der Waals surface area contributed by atoms with Gasteiger partial charge in [-0.05, 0) is 6.42 Å². The Labute approximate surface area is 85.7 Å². The highest BCUT2D eigenvalue weighted by Crippen LogP contribution is 1.96. The SMILES string of the molecule is COC(=O)C(=O)NCCC(C)S(C)=O. The molecule has 0 aliphatic heterocycles. The minimum atomic E-state index is -0.907. The van der Waals surface area contributed by atoms with Crippen molar-refractivity contribution in [3.05, 3.63) is 0 Å². The van der Waals surface area contributed by atoms with Gasteiger partial charge in [-0.2, -0.15) is 0 Å². The number of carbonyl (C=O) groups is 2. The van der Waals surface area contributed by atoms with Crippen LogP contribution in [0.1, 0.15) is 13.3 Å². The van der Waals surface area contributed by atoms with Gasteiger partial charge in [0.1, 0.15) is 0 Å². The van der Waals surface area contributed by atoms with Crippen LogP contribution in [0.15, 0.2) is 0 Å². The molecule has 2 atom stereocenters. The molecule has 0 aliphatic rings. The first kappa shape index (κ1) is 13.1. The Balaban J connectivity index is 3.69. The van der Waals surface area contributed by atoms with Crippen molar-refractivity contribution in [3.63, 3.8) is 0 Å². The van der Waals surface area contributed by atoms with Gasteiger partial charge in [-0.25, -0.2) is 4.79 Å². The minimum absolute atomic E-state index is 0.00736. The number of rotatable bonds is 4. The van der Waals surface area contributed by atoms with Crippen LogP contribution in [0.25, 0.3) is 0 Å². The van der Waals surface area contributed by atoms with E-state index in [-0.39, 0.29) is 5.25 Å². The Kier molecular flexibility index (Phi) is 6.11. The summed E-state index contributed by atoms with van der Waals surface area (Å²) in [6.45, 7) is 2.15. The van der Waals surface area contributed by atoms with Crippen molar-refractivity contribution in [1.29, 1.82) is 0 Å². The second-order valence-corrected chi connectivity index (χ2v) is 4.65. The molecule has 0 aromatic heterocycles. The van der Waals surface area contributed by atoms with E-state index in [9.17, 15) is 13.8 Å². The number of carbonyl (C=O) groups excluding carboxylic acids is 2. The summed E-state index contributed by atoms with van der Waals surface area (Å²) >= 11 is 0. The number of hydrogen-bond donors (Lipinski definition) is 1. The van der Waals surface area contributed by atoms with Gasteiger partial charge < -0.3 is 10.1 Å². The summed E-state index contributed by atoms with van der Waals surface area (Å²) in [6.07, 6.45) is 2.18. The fraction of sp³-hybridized carbons (Fsp3) is 0.750. The Morgan fingerprint density at radius 3 is 2.50 bits per heavy atom. The molecular weight excluding hydrogens is 206 g/mol. The Bertz CT molecular complexity index is 241. The second kappa shape index (κ2) is 6.53. The quantitative estimate of drug-likeness (QED) is 0.510. The van der Waals surface area contributed by atoms with Crippen molar-refractivity contribution in [2.75, 3.05) is 19.9 Å². The Morgan fingerprint density at radius 2 is 2.07 bits per heavy atom. The molecule has 1 amide bonds. The van der Waals surface area contributed by atoms with Gasteiger partial charge in [0.2, 0.25) is 0 Å². The van der Waals surface area contributed by atoms with Crippen LogP contribution in [0.5, 0.6) is 0 Å². The van der Waals surface area contributed by atoms with E-state index in [1.807, 2.05) is 6.92 Å². The van der Waals surface area contributed by atoms with Gasteiger partial charge >= 0.3 is 11.9 Å². The summed E-state index contributed by atoms with van der Waals surface area (Å²) in [5.74, 6) is -1.67. The van der Waals surface area contributed by atoms with Gasteiger partial charge in [-0.1, -0.05) is 6.92 Å². The van der Waals surface area contributed by atoms with Crippen LogP contribution >= 0.6 is 0 Å². The first-order chi connectivity index (χ1) is 6.49. The van der Waals surface area contributed by atoms with E-state index in [4.69, 9.17) is 0 Å². The smallest absolute Gasteiger partial charge is 0.396 e. The van der Waals surface area contributed by atoms with Gasteiger partial charge in [-0.15, -0.1) is 0 Å². The molecule has 0 fully saturated rings. The van der Waals surface area contributed by atoms with Crippen LogP contribution in [-0.2, 0) is 25.1 Å². The zero-order valence-corrected chi connectivity index (χ0v) is 9.35. The highest BCUT2D eigenvalue weighted by atomic mass is 32.2. The fourth-order valence-electron chi connectivity index (χ4n) is 0.720. The molecular formula is C8H15NO4S. The van der Waals surface area contributed by atoms with Crippen LogP contribution in [0.2, 0.25) is 0 Å². The fourth-order valence-corrected chi connectivity index (χ4v) is 1.17. The van der Waals surface area contributed by atoms with Gasteiger partial charge in [-0.3, -0.25) is 9.00 Å². The maximum atomic E-state index is 10.9. The molecule has 0 saturated carbocycles. The summed E-state index contributed by atoms with van der Waals surface area (Å²) < 4.78 is 15.1. The lowest BCUT2D eigenvalue weighted by atomic mass is 10.3. The first-order valence-electron chi connectivity index (χ1n) is 4.17. The third-order valence-electron chi connectivity index (χ3n) is 1.77. The predicted molar refractivity (Wildman–Crippen MR) is 53.2 cm³/mol. The van der Waals surface area contributed by atoms with E-state index in [0.717, 1.165) is 7.11 Å². The van der Waals surface area contributed by atoms with Crippen molar-refractivity contribution in [2.24, 2.45) is 0 Å². The summed E-state index contributed by atoms with van der Waals surface area (Å²) in [6, 6.07) is 0. The third kappa shape index (κ3) is 4.96. The zero-order valence-electron chi connectivity index (χ0n) is 8.53. The second-order valence-electron chi connectivity index (χ2n) is 2.85. The highest BCUT2D eigenvalue weighted by molar-refractivity contribution is 7.84. The lowest BCUT2D eigenvalue weighted by Crippen LogP contribution is -2.33. The standard InChI is InChI=1S/C8H15NO4S/c1-6(14(3)12)4-5-9-7(10)8(11)13-2/h6H,4-5H2,1-3H3,(H,9,10). The van der Waals surface area contributed by atoms with E-state index >= 15 is 0 Å². The number of nitrogens with one attached hydrogen (secondary N) is 1. The van der Waals surface area contributed by atoms with E-state index < -0.39 is 22.7 Å². The first-order valence-corrected chi connectivity index (χ1v) is 5.79. The molecule has 0 aromatic rings. The molecule has 82 valence electrons. The average molecular weight is 221 g/mol. The normalized spacial score (nSPS) is 14.2.